The molecule has 2 rings (SSSR count). The lowest BCUT2D eigenvalue weighted by atomic mass is 9.87. The number of hydrogen-bond donors (Lipinski definition) is 2. The average Bonchev–Trinajstić information content (AvgIpc) is 3.03. The summed E-state index contributed by atoms with van der Waals surface area (Å²) < 4.78 is 0. The van der Waals surface area contributed by atoms with Crippen LogP contribution in [0.3, 0.4) is 0 Å². The van der Waals surface area contributed by atoms with Crippen LogP contribution in [0, 0.1) is 5.92 Å². The van der Waals surface area contributed by atoms with E-state index in [4.69, 9.17) is 0 Å². The van der Waals surface area contributed by atoms with Crippen molar-refractivity contribution in [2.75, 3.05) is 33.8 Å². The van der Waals surface area contributed by atoms with Gasteiger partial charge in [0.25, 0.3) is 0 Å². The van der Waals surface area contributed by atoms with Crippen LogP contribution in [0.25, 0.3) is 0 Å². The second-order valence-corrected chi connectivity index (χ2v) is 6.52. The van der Waals surface area contributed by atoms with Gasteiger partial charge >= 0.3 is 0 Å². The van der Waals surface area contributed by atoms with Crippen molar-refractivity contribution in [2.45, 2.75) is 37.6 Å². The van der Waals surface area contributed by atoms with E-state index in [2.05, 4.69) is 29.4 Å². The predicted molar refractivity (Wildman–Crippen MR) is 88.3 cm³/mol. The summed E-state index contributed by atoms with van der Waals surface area (Å²) in [6, 6.07) is 10.3. The minimum Gasteiger partial charge on any atom is -0.394 e. The van der Waals surface area contributed by atoms with Crippen molar-refractivity contribution < 1.29 is 5.11 Å². The number of aliphatic hydroxyl groups excluding tert-OH is 1. The molecule has 1 aromatic carbocycles. The Labute approximate surface area is 129 Å². The van der Waals surface area contributed by atoms with Gasteiger partial charge in [0.2, 0.25) is 0 Å². The molecule has 3 nitrogen and oxygen atoms in total. The Hall–Kier alpha value is -0.900. The van der Waals surface area contributed by atoms with Crippen molar-refractivity contribution >= 4 is 0 Å². The number of nitrogens with zero attached hydrogens (tertiary/aromatic N) is 1. The van der Waals surface area contributed by atoms with Gasteiger partial charge in [-0.15, -0.1) is 0 Å². The Bertz CT molecular complexity index is 397. The number of aliphatic hydroxyl groups is 1. The average molecular weight is 290 g/mol. The maximum absolute atomic E-state index is 9.95. The van der Waals surface area contributed by atoms with E-state index in [-0.39, 0.29) is 12.1 Å². The van der Waals surface area contributed by atoms with E-state index in [1.165, 1.54) is 37.8 Å². The van der Waals surface area contributed by atoms with Gasteiger partial charge in [-0.05, 0) is 44.8 Å². The van der Waals surface area contributed by atoms with Crippen LogP contribution in [0.5, 0.6) is 0 Å². The maximum atomic E-state index is 9.95. The first-order valence-corrected chi connectivity index (χ1v) is 8.24. The number of rotatable bonds is 8. The van der Waals surface area contributed by atoms with E-state index in [0.717, 1.165) is 18.9 Å². The normalized spacial score (nSPS) is 19.0. The van der Waals surface area contributed by atoms with Crippen LogP contribution >= 0.6 is 0 Å². The summed E-state index contributed by atoms with van der Waals surface area (Å²) >= 11 is 0. The van der Waals surface area contributed by atoms with Gasteiger partial charge in [0.15, 0.2) is 0 Å². The largest absolute Gasteiger partial charge is 0.394 e. The third-order valence-electron chi connectivity index (χ3n) is 5.04. The second kappa shape index (κ2) is 7.92. The molecular formula is C18H30N2O. The highest BCUT2D eigenvalue weighted by atomic mass is 16.3. The molecule has 1 aliphatic carbocycles. The lowest BCUT2D eigenvalue weighted by Crippen LogP contribution is -2.46. The predicted octanol–water partition coefficient (Wildman–Crippen LogP) is 2.61. The van der Waals surface area contributed by atoms with E-state index in [9.17, 15) is 5.11 Å². The molecule has 1 saturated carbocycles. The first kappa shape index (κ1) is 16.5. The molecule has 0 spiro atoms. The van der Waals surface area contributed by atoms with E-state index in [0.29, 0.717) is 0 Å². The van der Waals surface area contributed by atoms with E-state index in [1.807, 2.05) is 25.2 Å². The monoisotopic (exact) mass is 290 g/mol. The third kappa shape index (κ3) is 4.29. The van der Waals surface area contributed by atoms with Crippen molar-refractivity contribution in [1.29, 1.82) is 0 Å². The molecule has 0 amide bonds. The molecule has 1 atom stereocenters. The zero-order chi connectivity index (χ0) is 15.1. The highest BCUT2D eigenvalue weighted by Gasteiger charge is 2.29. The summed E-state index contributed by atoms with van der Waals surface area (Å²) in [6.45, 7) is 2.33. The standard InChI is InChI=1S/C18H30N2O/c1-19-18(15-21,17-10-4-3-5-11-17)12-13-20(2)14-16-8-6-7-9-16/h3-5,10-11,16,19,21H,6-9,12-15H2,1-2H3. The van der Waals surface area contributed by atoms with Crippen molar-refractivity contribution in [3.8, 4) is 0 Å². The third-order valence-corrected chi connectivity index (χ3v) is 5.04. The molecule has 1 fully saturated rings. The van der Waals surface area contributed by atoms with Gasteiger partial charge in [0.1, 0.15) is 0 Å². The minimum absolute atomic E-state index is 0.130. The molecule has 0 aromatic heterocycles. The summed E-state index contributed by atoms with van der Waals surface area (Å²) in [4.78, 5) is 2.43. The van der Waals surface area contributed by atoms with Gasteiger partial charge in [-0.1, -0.05) is 43.2 Å². The lowest BCUT2D eigenvalue weighted by Gasteiger charge is -2.34. The van der Waals surface area contributed by atoms with Crippen molar-refractivity contribution in [2.24, 2.45) is 5.92 Å². The van der Waals surface area contributed by atoms with Gasteiger partial charge in [0.05, 0.1) is 12.1 Å². The van der Waals surface area contributed by atoms with Gasteiger partial charge in [-0.25, -0.2) is 0 Å². The number of hydrogen-bond acceptors (Lipinski definition) is 3. The fourth-order valence-corrected chi connectivity index (χ4v) is 3.53. The molecule has 2 N–H and O–H groups in total. The quantitative estimate of drug-likeness (QED) is 0.772. The molecule has 0 radical (unpaired) electrons. The number of nitrogens with one attached hydrogen (secondary N) is 1. The summed E-state index contributed by atoms with van der Waals surface area (Å²) in [5, 5.41) is 13.3. The van der Waals surface area contributed by atoms with Crippen LogP contribution in [0.4, 0.5) is 0 Å². The van der Waals surface area contributed by atoms with Crippen LogP contribution in [-0.4, -0.2) is 43.8 Å². The number of likely N-dealkylation sites (N-methyl/N-ethyl adjacent to an activating group) is 1. The topological polar surface area (TPSA) is 35.5 Å². The molecule has 1 aliphatic rings. The van der Waals surface area contributed by atoms with E-state index < -0.39 is 0 Å². The fourth-order valence-electron chi connectivity index (χ4n) is 3.53. The van der Waals surface area contributed by atoms with Crippen LogP contribution in [0.2, 0.25) is 0 Å². The van der Waals surface area contributed by atoms with Crippen LogP contribution < -0.4 is 5.32 Å². The Kier molecular flexibility index (Phi) is 6.22. The fraction of sp³-hybridized carbons (Fsp3) is 0.667. The van der Waals surface area contributed by atoms with Crippen molar-refractivity contribution in [1.82, 2.24) is 10.2 Å². The van der Waals surface area contributed by atoms with Gasteiger partial charge in [-0.2, -0.15) is 0 Å². The maximum Gasteiger partial charge on any atom is 0.0678 e. The molecular weight excluding hydrogens is 260 g/mol. The molecule has 0 bridgehead atoms. The van der Waals surface area contributed by atoms with Crippen molar-refractivity contribution in [3.05, 3.63) is 35.9 Å². The molecule has 3 heteroatoms. The van der Waals surface area contributed by atoms with Crippen LogP contribution in [0.1, 0.15) is 37.7 Å². The molecule has 0 saturated heterocycles. The van der Waals surface area contributed by atoms with Gasteiger partial charge < -0.3 is 15.3 Å². The Morgan fingerprint density at radius 1 is 1.24 bits per heavy atom. The summed E-state index contributed by atoms with van der Waals surface area (Å²) in [7, 11) is 4.15. The Balaban J connectivity index is 1.93. The zero-order valence-electron chi connectivity index (χ0n) is 13.5. The Morgan fingerprint density at radius 2 is 1.90 bits per heavy atom. The SMILES string of the molecule is CNC(CO)(CCN(C)CC1CCCC1)c1ccccc1. The summed E-state index contributed by atoms with van der Waals surface area (Å²) in [6.07, 6.45) is 6.51. The van der Waals surface area contributed by atoms with E-state index >= 15 is 0 Å². The lowest BCUT2D eigenvalue weighted by molar-refractivity contribution is 0.140. The summed E-state index contributed by atoms with van der Waals surface area (Å²) in [5.41, 5.74) is 0.842. The number of benzene rings is 1. The highest BCUT2D eigenvalue weighted by molar-refractivity contribution is 5.24. The van der Waals surface area contributed by atoms with Gasteiger partial charge in [-0.3, -0.25) is 0 Å². The summed E-state index contributed by atoms with van der Waals surface area (Å²) in [5.74, 6) is 0.879. The second-order valence-electron chi connectivity index (χ2n) is 6.52. The van der Waals surface area contributed by atoms with Gasteiger partial charge in [0, 0.05) is 13.1 Å². The highest BCUT2D eigenvalue weighted by Crippen LogP contribution is 2.27. The first-order valence-electron chi connectivity index (χ1n) is 8.24. The molecule has 1 unspecified atom stereocenters. The van der Waals surface area contributed by atoms with Crippen LogP contribution in [0.15, 0.2) is 30.3 Å². The molecule has 0 heterocycles. The smallest absolute Gasteiger partial charge is 0.0678 e. The van der Waals surface area contributed by atoms with Crippen LogP contribution in [-0.2, 0) is 5.54 Å². The molecule has 0 aliphatic heterocycles. The molecule has 1 aromatic rings. The zero-order valence-corrected chi connectivity index (χ0v) is 13.5. The van der Waals surface area contributed by atoms with Crippen molar-refractivity contribution in [3.63, 3.8) is 0 Å². The molecule has 118 valence electrons. The first-order chi connectivity index (χ1) is 10.2. The Morgan fingerprint density at radius 3 is 2.48 bits per heavy atom. The van der Waals surface area contributed by atoms with E-state index in [1.54, 1.807) is 0 Å². The molecule has 21 heavy (non-hydrogen) atoms. The minimum atomic E-state index is -0.328.